The van der Waals surface area contributed by atoms with Crippen molar-refractivity contribution in [2.45, 2.75) is 99.7 Å². The Labute approximate surface area is 336 Å². The molecular formula is C43H50F2N10O3. The topological polar surface area (TPSA) is 157 Å². The van der Waals surface area contributed by atoms with Gasteiger partial charge in [0, 0.05) is 73.7 Å². The lowest BCUT2D eigenvalue weighted by Gasteiger charge is -2.44. The minimum Gasteiger partial charge on any atom is -0.507 e. The first-order chi connectivity index (χ1) is 28.0. The monoisotopic (exact) mass is 792 g/mol. The second kappa shape index (κ2) is 15.4. The number of hydrogen-bond acceptors (Lipinski definition) is 12. The van der Waals surface area contributed by atoms with Crippen molar-refractivity contribution in [3.63, 3.8) is 0 Å². The van der Waals surface area contributed by atoms with Crippen LogP contribution in [0.1, 0.15) is 80.9 Å². The summed E-state index contributed by atoms with van der Waals surface area (Å²) in [6.07, 6.45) is 8.33. The highest BCUT2D eigenvalue weighted by molar-refractivity contribution is 6.01. The van der Waals surface area contributed by atoms with Gasteiger partial charge in [0.05, 0.1) is 23.8 Å². The largest absolute Gasteiger partial charge is 0.507 e. The molecule has 2 aromatic carbocycles. The zero-order valence-corrected chi connectivity index (χ0v) is 32.7. The third-order valence-electron chi connectivity index (χ3n) is 13.3. The molecule has 1 aliphatic carbocycles. The van der Waals surface area contributed by atoms with E-state index in [4.69, 9.17) is 15.7 Å². The fourth-order valence-corrected chi connectivity index (χ4v) is 10.2. The number of benzene rings is 2. The zero-order valence-electron chi connectivity index (χ0n) is 32.7. The van der Waals surface area contributed by atoms with E-state index in [-0.39, 0.29) is 54.6 Å². The summed E-state index contributed by atoms with van der Waals surface area (Å²) in [5.41, 5.74) is 10.6. The summed E-state index contributed by atoms with van der Waals surface area (Å²) in [6.45, 7) is 1.80. The van der Waals surface area contributed by atoms with Crippen molar-refractivity contribution in [3.05, 3.63) is 78.1 Å². The first-order valence-electron chi connectivity index (χ1n) is 20.6. The second-order valence-electron chi connectivity index (χ2n) is 16.7. The van der Waals surface area contributed by atoms with E-state index in [9.17, 15) is 14.7 Å². The number of alkyl halides is 2. The van der Waals surface area contributed by atoms with Crippen molar-refractivity contribution in [1.82, 2.24) is 30.4 Å². The lowest BCUT2D eigenvalue weighted by atomic mass is 9.80. The maximum atomic E-state index is 16.0. The standard InChI is InChI=1S/C43H50F2N10O3/c1-52(36-15-16-39(57)49-41(36)58)29-6-4-5-27(21-29)33-18-20-53(25-43(33,44)45)28-11-9-26(10-12-28)34-17-19-47-42(48-34)55-30-13-14-31(55)24-54(23-30)37-22-35(50-51-40(37)46)32-7-2-3-8-38(32)56/h2-8,17,19,21-22,26,28,30-31,33,36,56H,9-16,18,20,23-25H2,1H3,(H2,46,51)(H,49,57,58)/t26?,28?,30-,31+,33-,36?/m0/s1. The number of likely N-dealkylation sites (tertiary alicyclic amines) is 1. The molecule has 4 aliphatic heterocycles. The molecule has 5 aliphatic rings. The molecule has 4 aromatic rings. The van der Waals surface area contributed by atoms with Gasteiger partial charge in [-0.25, -0.2) is 18.7 Å². The number of carbonyl (C=O) groups is 2. The van der Waals surface area contributed by atoms with E-state index >= 15 is 8.78 Å². The highest BCUT2D eigenvalue weighted by Crippen LogP contribution is 2.45. The molecule has 15 heteroatoms. The number of nitrogens with one attached hydrogen (secondary N) is 1. The lowest BCUT2D eigenvalue weighted by molar-refractivity contribution is -0.134. The number of nitrogens with zero attached hydrogens (tertiary/aromatic N) is 8. The van der Waals surface area contributed by atoms with Gasteiger partial charge in [0.1, 0.15) is 11.8 Å². The van der Waals surface area contributed by atoms with E-state index in [1.165, 1.54) is 0 Å². The van der Waals surface area contributed by atoms with Crippen LogP contribution in [0.5, 0.6) is 5.75 Å². The van der Waals surface area contributed by atoms with E-state index in [1.54, 1.807) is 42.3 Å². The number of imide groups is 1. The molecule has 58 heavy (non-hydrogen) atoms. The average Bonchev–Trinajstić information content (AvgIpc) is 3.49. The summed E-state index contributed by atoms with van der Waals surface area (Å²) >= 11 is 0. The van der Waals surface area contributed by atoms with Crippen LogP contribution in [0, 0.1) is 0 Å². The highest BCUT2D eigenvalue weighted by atomic mass is 19.3. The second-order valence-corrected chi connectivity index (χ2v) is 16.7. The number of aromatic nitrogens is 4. The molecule has 2 amide bonds. The molecule has 0 spiro atoms. The van der Waals surface area contributed by atoms with Crippen molar-refractivity contribution in [1.29, 1.82) is 0 Å². The van der Waals surface area contributed by atoms with Crippen LogP contribution in [0.15, 0.2) is 66.9 Å². The van der Waals surface area contributed by atoms with E-state index < -0.39 is 17.9 Å². The normalized spacial score (nSPS) is 27.4. The third kappa shape index (κ3) is 7.29. The predicted molar refractivity (Wildman–Crippen MR) is 217 cm³/mol. The molecule has 4 N–H and O–H groups in total. The fourth-order valence-electron chi connectivity index (χ4n) is 10.2. The third-order valence-corrected chi connectivity index (χ3v) is 13.3. The Kier molecular flexibility index (Phi) is 10.1. The number of piperidine rings is 2. The molecule has 0 radical (unpaired) electrons. The van der Waals surface area contributed by atoms with E-state index in [2.05, 4.69) is 25.3 Å². The maximum Gasteiger partial charge on any atom is 0.267 e. The number of likely N-dealkylation sites (N-methyl/N-ethyl adjacent to an activating group) is 1. The molecule has 9 rings (SSSR count). The van der Waals surface area contributed by atoms with E-state index in [0.29, 0.717) is 47.7 Å². The number of amides is 2. The summed E-state index contributed by atoms with van der Waals surface area (Å²) in [6, 6.07) is 18.1. The maximum absolute atomic E-state index is 16.0. The first kappa shape index (κ1) is 38.1. The Morgan fingerprint density at radius 3 is 2.40 bits per heavy atom. The summed E-state index contributed by atoms with van der Waals surface area (Å²) in [4.78, 5) is 42.5. The highest BCUT2D eigenvalue weighted by Gasteiger charge is 2.47. The van der Waals surface area contributed by atoms with Gasteiger partial charge >= 0.3 is 0 Å². The summed E-state index contributed by atoms with van der Waals surface area (Å²) in [5.74, 6) is -2.96. The van der Waals surface area contributed by atoms with Gasteiger partial charge in [0.2, 0.25) is 17.8 Å². The number of halogens is 2. The Bertz CT molecular complexity index is 2170. The van der Waals surface area contributed by atoms with Gasteiger partial charge in [-0.05, 0) is 99.9 Å². The number of phenolic OH excluding ortho intramolecular Hbond substituents is 1. The van der Waals surface area contributed by atoms with Crippen LogP contribution in [-0.4, -0.2) is 105 Å². The number of fused-ring (bicyclic) bond motifs is 2. The quantitative estimate of drug-likeness (QED) is 0.194. The van der Waals surface area contributed by atoms with Crippen molar-refractivity contribution in [2.24, 2.45) is 0 Å². The number of piperazine rings is 1. The molecule has 2 bridgehead atoms. The number of anilines is 4. The number of nitrogen functional groups attached to an aromatic ring is 1. The van der Waals surface area contributed by atoms with Gasteiger partial charge in [-0.2, -0.15) is 0 Å². The Morgan fingerprint density at radius 2 is 1.66 bits per heavy atom. The average molecular weight is 793 g/mol. The zero-order chi connectivity index (χ0) is 40.1. The molecule has 6 heterocycles. The molecule has 1 saturated carbocycles. The number of aromatic hydroxyl groups is 1. The number of phenols is 1. The Hall–Kier alpha value is -5.44. The van der Waals surface area contributed by atoms with Crippen molar-refractivity contribution in [2.75, 3.05) is 53.7 Å². The minimum atomic E-state index is -2.90. The Balaban J connectivity index is 0.816. The summed E-state index contributed by atoms with van der Waals surface area (Å²) < 4.78 is 32.0. The van der Waals surface area contributed by atoms with Gasteiger partial charge in [-0.15, -0.1) is 10.2 Å². The van der Waals surface area contributed by atoms with Crippen LogP contribution in [0.4, 0.5) is 31.9 Å². The van der Waals surface area contributed by atoms with Crippen molar-refractivity contribution in [3.8, 4) is 17.0 Å². The van der Waals surface area contributed by atoms with Gasteiger partial charge in [-0.1, -0.05) is 24.3 Å². The number of rotatable bonds is 8. The smallest absolute Gasteiger partial charge is 0.267 e. The number of hydrogen-bond donors (Lipinski definition) is 3. The van der Waals surface area contributed by atoms with Crippen LogP contribution in [0.2, 0.25) is 0 Å². The summed E-state index contributed by atoms with van der Waals surface area (Å²) in [7, 11) is 1.78. The van der Waals surface area contributed by atoms with Crippen molar-refractivity contribution >= 4 is 35.0 Å². The van der Waals surface area contributed by atoms with E-state index in [1.807, 2.05) is 41.4 Å². The van der Waals surface area contributed by atoms with Crippen molar-refractivity contribution < 1.29 is 23.5 Å². The van der Waals surface area contributed by atoms with Crippen LogP contribution in [0.25, 0.3) is 11.3 Å². The molecule has 13 nitrogen and oxygen atoms in total. The molecule has 304 valence electrons. The van der Waals surface area contributed by atoms with Crippen LogP contribution in [-0.2, 0) is 9.59 Å². The van der Waals surface area contributed by atoms with Crippen LogP contribution in [0.3, 0.4) is 0 Å². The predicted octanol–water partition coefficient (Wildman–Crippen LogP) is 5.47. The first-order valence-corrected chi connectivity index (χ1v) is 20.6. The molecular weight excluding hydrogens is 743 g/mol. The lowest BCUT2D eigenvalue weighted by Crippen LogP contribution is -2.54. The minimum absolute atomic E-state index is 0.0970. The number of carbonyl (C=O) groups excluding carboxylic acids is 2. The number of nitrogens with two attached hydrogens (primary N) is 1. The SMILES string of the molecule is CN(c1cccc([C@@H]2CCN(C3CCC(c4ccnc(N5[C@@H]6CC[C@H]5CN(c5cc(-c7ccccc7O)nnc5N)C6)n4)CC3)CC2(F)F)c1)C1CCC(=O)NC1=O. The fraction of sp³-hybridized carbons (Fsp3) is 0.488. The van der Waals surface area contributed by atoms with Gasteiger partial charge in [0.25, 0.3) is 5.92 Å². The van der Waals surface area contributed by atoms with Gasteiger partial charge < -0.3 is 25.5 Å². The molecule has 4 saturated heterocycles. The molecule has 5 fully saturated rings. The van der Waals surface area contributed by atoms with Crippen LogP contribution >= 0.6 is 0 Å². The van der Waals surface area contributed by atoms with Gasteiger partial charge in [-0.3, -0.25) is 19.8 Å². The number of para-hydroxylation sites is 1. The summed E-state index contributed by atoms with van der Waals surface area (Å²) in [5, 5.41) is 21.3. The van der Waals surface area contributed by atoms with Crippen LogP contribution < -0.4 is 25.8 Å². The molecule has 2 aromatic heterocycles. The molecule has 1 unspecified atom stereocenters. The molecule has 4 atom stereocenters. The van der Waals surface area contributed by atoms with E-state index in [0.717, 1.165) is 68.9 Å². The Morgan fingerprint density at radius 1 is 0.897 bits per heavy atom. The van der Waals surface area contributed by atoms with Gasteiger partial charge in [0.15, 0.2) is 5.82 Å².